The SMILES string of the molecule is CCN(C(=O)Cc1sc(C)nc1-c1ccc(F)cc1)c1ccc(F)cc1. The number of rotatable bonds is 5. The van der Waals surface area contributed by atoms with Gasteiger partial charge in [0.05, 0.1) is 17.1 Å². The smallest absolute Gasteiger partial charge is 0.232 e. The van der Waals surface area contributed by atoms with Gasteiger partial charge in [0.15, 0.2) is 0 Å². The van der Waals surface area contributed by atoms with Gasteiger partial charge in [-0.1, -0.05) is 0 Å². The van der Waals surface area contributed by atoms with E-state index in [0.29, 0.717) is 17.9 Å². The van der Waals surface area contributed by atoms with E-state index in [-0.39, 0.29) is 24.0 Å². The van der Waals surface area contributed by atoms with Crippen molar-refractivity contribution in [1.29, 1.82) is 0 Å². The first-order valence-electron chi connectivity index (χ1n) is 8.26. The molecule has 0 bridgehead atoms. The van der Waals surface area contributed by atoms with Crippen LogP contribution in [-0.2, 0) is 11.2 Å². The minimum Gasteiger partial charge on any atom is -0.312 e. The van der Waals surface area contributed by atoms with Gasteiger partial charge in [0, 0.05) is 22.7 Å². The lowest BCUT2D eigenvalue weighted by molar-refractivity contribution is -0.117. The van der Waals surface area contributed by atoms with Gasteiger partial charge in [-0.15, -0.1) is 11.3 Å². The van der Waals surface area contributed by atoms with Crippen molar-refractivity contribution in [3.8, 4) is 11.3 Å². The lowest BCUT2D eigenvalue weighted by Gasteiger charge is -2.21. The van der Waals surface area contributed by atoms with E-state index in [1.165, 1.54) is 35.6 Å². The second-order valence-corrected chi connectivity index (χ2v) is 7.09. The van der Waals surface area contributed by atoms with E-state index < -0.39 is 0 Å². The lowest BCUT2D eigenvalue weighted by atomic mass is 10.1. The quantitative estimate of drug-likeness (QED) is 0.632. The summed E-state index contributed by atoms with van der Waals surface area (Å²) in [7, 11) is 0. The number of thiazole rings is 1. The lowest BCUT2D eigenvalue weighted by Crippen LogP contribution is -2.31. The second kappa shape index (κ2) is 7.74. The molecule has 3 nitrogen and oxygen atoms in total. The Balaban J connectivity index is 1.87. The molecule has 3 rings (SSSR count). The zero-order valence-corrected chi connectivity index (χ0v) is 15.3. The van der Waals surface area contributed by atoms with Gasteiger partial charge in [-0.3, -0.25) is 4.79 Å². The summed E-state index contributed by atoms with van der Waals surface area (Å²) in [5.74, 6) is -0.744. The number of nitrogens with zero attached hydrogens (tertiary/aromatic N) is 2. The van der Waals surface area contributed by atoms with Crippen LogP contribution in [0.1, 0.15) is 16.8 Å². The van der Waals surface area contributed by atoms with Crippen molar-refractivity contribution in [2.75, 3.05) is 11.4 Å². The Morgan fingerprint density at radius 1 is 1.04 bits per heavy atom. The summed E-state index contributed by atoms with van der Waals surface area (Å²) < 4.78 is 26.3. The van der Waals surface area contributed by atoms with Crippen LogP contribution in [0, 0.1) is 18.6 Å². The number of amides is 1. The predicted molar refractivity (Wildman–Crippen MR) is 100 cm³/mol. The number of aromatic nitrogens is 1. The molecule has 26 heavy (non-hydrogen) atoms. The average Bonchev–Trinajstić information content (AvgIpc) is 2.98. The molecule has 0 N–H and O–H groups in total. The molecule has 6 heteroatoms. The molecule has 0 saturated heterocycles. The molecule has 2 aromatic carbocycles. The molecule has 0 saturated carbocycles. The normalized spacial score (nSPS) is 10.8. The monoisotopic (exact) mass is 372 g/mol. The van der Waals surface area contributed by atoms with Gasteiger partial charge in [-0.05, 0) is 62.4 Å². The van der Waals surface area contributed by atoms with Gasteiger partial charge in [-0.25, -0.2) is 13.8 Å². The fourth-order valence-corrected chi connectivity index (χ4v) is 3.73. The summed E-state index contributed by atoms with van der Waals surface area (Å²) in [6.07, 6.45) is 0.184. The molecule has 0 aliphatic carbocycles. The topological polar surface area (TPSA) is 33.2 Å². The molecule has 1 amide bonds. The Morgan fingerprint density at radius 2 is 1.62 bits per heavy atom. The van der Waals surface area contributed by atoms with E-state index in [4.69, 9.17) is 0 Å². The maximum Gasteiger partial charge on any atom is 0.232 e. The van der Waals surface area contributed by atoms with Crippen molar-refractivity contribution in [3.63, 3.8) is 0 Å². The molecular weight excluding hydrogens is 354 g/mol. The standard InChI is InChI=1S/C20H18F2N2OS/c1-3-24(17-10-8-16(22)9-11-17)19(25)12-18-20(23-13(2)26-18)14-4-6-15(21)7-5-14/h4-11H,3,12H2,1-2H3. The van der Waals surface area contributed by atoms with Crippen molar-refractivity contribution in [2.24, 2.45) is 0 Å². The van der Waals surface area contributed by atoms with Crippen LogP contribution >= 0.6 is 11.3 Å². The van der Waals surface area contributed by atoms with E-state index in [9.17, 15) is 13.6 Å². The van der Waals surface area contributed by atoms with Crippen molar-refractivity contribution in [2.45, 2.75) is 20.3 Å². The van der Waals surface area contributed by atoms with Crippen LogP contribution in [0.3, 0.4) is 0 Å². The summed E-state index contributed by atoms with van der Waals surface area (Å²) in [6.45, 7) is 4.23. The minimum absolute atomic E-state index is 0.0916. The predicted octanol–water partition coefficient (Wildman–Crippen LogP) is 4.99. The Hall–Kier alpha value is -2.60. The van der Waals surface area contributed by atoms with Crippen molar-refractivity contribution < 1.29 is 13.6 Å². The number of anilines is 1. The first-order valence-corrected chi connectivity index (χ1v) is 9.07. The molecule has 0 atom stereocenters. The summed E-state index contributed by atoms with van der Waals surface area (Å²) in [4.78, 5) is 19.8. The highest BCUT2D eigenvalue weighted by molar-refractivity contribution is 7.12. The Morgan fingerprint density at radius 3 is 2.19 bits per heavy atom. The third kappa shape index (κ3) is 3.96. The van der Waals surface area contributed by atoms with Gasteiger partial charge < -0.3 is 4.90 Å². The van der Waals surface area contributed by atoms with Crippen LogP contribution in [-0.4, -0.2) is 17.4 Å². The van der Waals surface area contributed by atoms with E-state index in [0.717, 1.165) is 15.4 Å². The number of halogens is 2. The number of carbonyl (C=O) groups is 1. The number of likely N-dealkylation sites (N-methyl/N-ethyl adjacent to an activating group) is 1. The number of hydrogen-bond acceptors (Lipinski definition) is 3. The third-order valence-electron chi connectivity index (χ3n) is 3.99. The van der Waals surface area contributed by atoms with Gasteiger partial charge >= 0.3 is 0 Å². The second-order valence-electron chi connectivity index (χ2n) is 5.80. The molecule has 0 radical (unpaired) electrons. The number of aryl methyl sites for hydroxylation is 1. The average molecular weight is 372 g/mol. The van der Waals surface area contributed by atoms with Crippen LogP contribution in [0.15, 0.2) is 48.5 Å². The highest BCUT2D eigenvalue weighted by Crippen LogP contribution is 2.29. The van der Waals surface area contributed by atoms with Crippen molar-refractivity contribution in [3.05, 3.63) is 70.1 Å². The number of benzene rings is 2. The summed E-state index contributed by atoms with van der Waals surface area (Å²) in [6, 6.07) is 12.0. The number of carbonyl (C=O) groups excluding carboxylic acids is 1. The van der Waals surface area contributed by atoms with Crippen molar-refractivity contribution in [1.82, 2.24) is 4.98 Å². The number of hydrogen-bond donors (Lipinski definition) is 0. The van der Waals surface area contributed by atoms with Gasteiger partial charge in [-0.2, -0.15) is 0 Å². The van der Waals surface area contributed by atoms with E-state index in [2.05, 4.69) is 4.98 Å². The third-order valence-corrected chi connectivity index (χ3v) is 4.96. The first-order chi connectivity index (χ1) is 12.5. The molecule has 0 aliphatic rings. The van der Waals surface area contributed by atoms with E-state index in [1.54, 1.807) is 29.2 Å². The van der Waals surface area contributed by atoms with Crippen LogP contribution in [0.4, 0.5) is 14.5 Å². The summed E-state index contributed by atoms with van der Waals surface area (Å²) >= 11 is 1.45. The molecule has 1 heterocycles. The van der Waals surface area contributed by atoms with Crippen LogP contribution in [0.25, 0.3) is 11.3 Å². The Labute approximate surface area is 154 Å². The molecular formula is C20H18F2N2OS. The fraction of sp³-hybridized carbons (Fsp3) is 0.200. The zero-order valence-electron chi connectivity index (χ0n) is 14.5. The van der Waals surface area contributed by atoms with Gasteiger partial charge in [0.25, 0.3) is 0 Å². The highest BCUT2D eigenvalue weighted by Gasteiger charge is 2.19. The summed E-state index contributed by atoms with van der Waals surface area (Å²) in [5, 5.41) is 0.844. The zero-order chi connectivity index (χ0) is 18.7. The van der Waals surface area contributed by atoms with Gasteiger partial charge in [0.2, 0.25) is 5.91 Å². The summed E-state index contributed by atoms with van der Waals surface area (Å²) in [5.41, 5.74) is 2.14. The Bertz CT molecular complexity index is 905. The first kappa shape index (κ1) is 18.2. The van der Waals surface area contributed by atoms with Gasteiger partial charge in [0.1, 0.15) is 11.6 Å². The van der Waals surface area contributed by atoms with E-state index >= 15 is 0 Å². The molecule has 0 unspecified atom stereocenters. The molecule has 0 spiro atoms. The van der Waals surface area contributed by atoms with E-state index in [1.807, 2.05) is 13.8 Å². The van der Waals surface area contributed by atoms with Crippen molar-refractivity contribution >= 4 is 22.9 Å². The fourth-order valence-electron chi connectivity index (χ4n) is 2.78. The molecule has 0 fully saturated rings. The Kier molecular flexibility index (Phi) is 5.42. The minimum atomic E-state index is -0.339. The molecule has 0 aliphatic heterocycles. The molecule has 134 valence electrons. The molecule has 1 aromatic heterocycles. The maximum atomic E-state index is 13.2. The van der Waals surface area contributed by atoms with Crippen LogP contribution < -0.4 is 4.90 Å². The highest BCUT2D eigenvalue weighted by atomic mass is 32.1. The largest absolute Gasteiger partial charge is 0.312 e. The van der Waals surface area contributed by atoms with Crippen LogP contribution in [0.2, 0.25) is 0 Å². The molecule has 3 aromatic rings. The van der Waals surface area contributed by atoms with Crippen LogP contribution in [0.5, 0.6) is 0 Å². The maximum absolute atomic E-state index is 13.2.